The standard InChI is InChI=1S/C22H18F2N4O3S.C22H18F2N4O2S/c1-27(2)28-20-15(10-19(21(28)29)31-18-9-8-16(23)11-17(18)24)12-25-22(26-20)32(30)13-14-6-4-3-5-7-14;1-27(2)28-20-15(12-25-22(26-20)31-13-14-6-4-3-5-7-14)10-19(21(28)29)30-18-9-8-16(23)11-17(18)24/h3-12H,13H2,1-2H3;3-12H,13H2,1-2H3. The van der Waals surface area contributed by atoms with E-state index in [0.29, 0.717) is 39.5 Å². The fourth-order valence-electron chi connectivity index (χ4n) is 6.02. The van der Waals surface area contributed by atoms with Gasteiger partial charge in [-0.3, -0.25) is 13.8 Å². The van der Waals surface area contributed by atoms with Crippen molar-refractivity contribution in [3.8, 4) is 23.0 Å². The van der Waals surface area contributed by atoms with E-state index in [9.17, 15) is 31.4 Å². The molecule has 0 radical (unpaired) electrons. The average molecular weight is 897 g/mol. The van der Waals surface area contributed by atoms with Gasteiger partial charge in [0.15, 0.2) is 51.1 Å². The highest BCUT2D eigenvalue weighted by Gasteiger charge is 2.20. The van der Waals surface area contributed by atoms with E-state index in [2.05, 4.69) is 19.9 Å². The molecule has 0 aliphatic rings. The number of fused-ring (bicyclic) bond motifs is 2. The van der Waals surface area contributed by atoms with Crippen LogP contribution in [0, 0.1) is 23.3 Å². The number of hydrogen-bond donors (Lipinski definition) is 0. The number of nitrogens with zero attached hydrogens (tertiary/aromatic N) is 8. The average Bonchev–Trinajstić information content (AvgIpc) is 3.25. The molecule has 0 saturated heterocycles. The van der Waals surface area contributed by atoms with Crippen LogP contribution in [0.4, 0.5) is 17.6 Å². The number of pyridine rings is 2. The summed E-state index contributed by atoms with van der Waals surface area (Å²) < 4.78 is 80.6. The fourth-order valence-corrected chi connectivity index (χ4v) is 7.77. The Kier molecular flexibility index (Phi) is 13.5. The molecule has 13 nitrogen and oxygen atoms in total. The highest BCUT2D eigenvalue weighted by molar-refractivity contribution is 7.98. The first-order valence-electron chi connectivity index (χ1n) is 18.8. The minimum absolute atomic E-state index is 0.0783. The number of ether oxygens (including phenoxy) is 2. The molecule has 4 aromatic heterocycles. The smallest absolute Gasteiger partial charge is 0.313 e. The monoisotopic (exact) mass is 896 g/mol. The van der Waals surface area contributed by atoms with Gasteiger partial charge in [0.25, 0.3) is 0 Å². The second kappa shape index (κ2) is 19.3. The Bertz CT molecular complexity index is 3090. The maximum absolute atomic E-state index is 14.0. The summed E-state index contributed by atoms with van der Waals surface area (Å²) in [6, 6.07) is 27.7. The summed E-state index contributed by atoms with van der Waals surface area (Å²) in [5, 5.41) is 4.57. The van der Waals surface area contributed by atoms with Gasteiger partial charge < -0.3 is 19.5 Å². The van der Waals surface area contributed by atoms with Gasteiger partial charge in [-0.15, -0.1) is 0 Å². The van der Waals surface area contributed by atoms with Crippen molar-refractivity contribution in [1.29, 1.82) is 0 Å². The van der Waals surface area contributed by atoms with Crippen molar-refractivity contribution in [2.24, 2.45) is 0 Å². The molecule has 0 N–H and O–H groups in total. The number of halogens is 4. The molecule has 0 aliphatic carbocycles. The molecule has 0 aliphatic heterocycles. The molecular weight excluding hydrogens is 861 g/mol. The molecule has 0 spiro atoms. The van der Waals surface area contributed by atoms with Crippen LogP contribution in [0.3, 0.4) is 0 Å². The molecule has 0 fully saturated rings. The van der Waals surface area contributed by atoms with Crippen LogP contribution >= 0.6 is 11.8 Å². The van der Waals surface area contributed by atoms with Gasteiger partial charge in [-0.05, 0) is 47.5 Å². The summed E-state index contributed by atoms with van der Waals surface area (Å²) in [6.45, 7) is 0. The van der Waals surface area contributed by atoms with Crippen molar-refractivity contribution in [3.05, 3.63) is 177 Å². The van der Waals surface area contributed by atoms with Crippen LogP contribution in [0.15, 0.2) is 141 Å². The Morgan fingerprint density at radius 1 is 0.603 bits per heavy atom. The van der Waals surface area contributed by atoms with Gasteiger partial charge in [0.05, 0.1) is 16.6 Å². The summed E-state index contributed by atoms with van der Waals surface area (Å²) in [5.41, 5.74) is 1.46. The number of thioether (sulfide) groups is 1. The van der Waals surface area contributed by atoms with Crippen LogP contribution in [0.2, 0.25) is 0 Å². The first-order valence-corrected chi connectivity index (χ1v) is 21.1. The normalized spacial score (nSPS) is 11.5. The van der Waals surface area contributed by atoms with E-state index in [1.807, 2.05) is 60.7 Å². The molecule has 0 amide bonds. The van der Waals surface area contributed by atoms with Crippen molar-refractivity contribution >= 4 is 44.6 Å². The Hall–Kier alpha value is -7.12. The van der Waals surface area contributed by atoms with Crippen molar-refractivity contribution in [2.75, 3.05) is 38.2 Å². The first kappa shape index (κ1) is 44.0. The third-order valence-corrected chi connectivity index (χ3v) is 11.0. The van der Waals surface area contributed by atoms with Crippen molar-refractivity contribution in [1.82, 2.24) is 29.3 Å². The Balaban J connectivity index is 0.000000189. The molecule has 0 bridgehead atoms. The molecule has 19 heteroatoms. The topological polar surface area (TPSA) is 138 Å². The summed E-state index contributed by atoms with van der Waals surface area (Å²) in [4.78, 5) is 43.5. The third kappa shape index (κ3) is 10.3. The third-order valence-electron chi connectivity index (χ3n) is 8.91. The molecule has 0 saturated carbocycles. The highest BCUT2D eigenvalue weighted by Crippen LogP contribution is 2.28. The predicted octanol–water partition coefficient (Wildman–Crippen LogP) is 7.72. The maximum atomic E-state index is 14.0. The predicted molar refractivity (Wildman–Crippen MR) is 233 cm³/mol. The number of aromatic nitrogens is 6. The van der Waals surface area contributed by atoms with E-state index in [0.717, 1.165) is 35.4 Å². The lowest BCUT2D eigenvalue weighted by Crippen LogP contribution is -2.37. The van der Waals surface area contributed by atoms with Crippen LogP contribution < -0.4 is 30.6 Å². The van der Waals surface area contributed by atoms with Gasteiger partial charge in [0.2, 0.25) is 5.16 Å². The molecule has 8 rings (SSSR count). The quantitative estimate of drug-likeness (QED) is 0.0675. The molecular formula is C44H36F4N8O5S2. The number of rotatable bonds is 12. The highest BCUT2D eigenvalue weighted by atomic mass is 32.2. The number of benzene rings is 4. The van der Waals surface area contributed by atoms with E-state index < -0.39 is 45.2 Å². The zero-order valence-electron chi connectivity index (χ0n) is 33.9. The second-order valence-corrected chi connectivity index (χ2v) is 16.2. The Labute approximate surface area is 363 Å². The van der Waals surface area contributed by atoms with Crippen LogP contribution in [-0.2, 0) is 22.3 Å². The van der Waals surface area contributed by atoms with Gasteiger partial charge >= 0.3 is 11.1 Å². The first-order chi connectivity index (χ1) is 30.2. The lowest BCUT2D eigenvalue weighted by atomic mass is 10.2. The molecule has 322 valence electrons. The molecule has 8 aromatic rings. The molecule has 4 aromatic carbocycles. The molecule has 63 heavy (non-hydrogen) atoms. The van der Waals surface area contributed by atoms with Crippen molar-refractivity contribution < 1.29 is 31.2 Å². The molecule has 1 unspecified atom stereocenters. The zero-order chi connectivity index (χ0) is 44.8. The van der Waals surface area contributed by atoms with Crippen LogP contribution in [0.1, 0.15) is 11.1 Å². The van der Waals surface area contributed by atoms with Crippen LogP contribution in [-0.4, -0.2) is 61.7 Å². The van der Waals surface area contributed by atoms with E-state index >= 15 is 0 Å². The van der Waals surface area contributed by atoms with Gasteiger partial charge in [-0.25, -0.2) is 37.5 Å². The Morgan fingerprint density at radius 3 is 1.57 bits per heavy atom. The summed E-state index contributed by atoms with van der Waals surface area (Å²) in [6.07, 6.45) is 3.01. The lowest BCUT2D eigenvalue weighted by Gasteiger charge is -2.19. The Morgan fingerprint density at radius 2 is 1.08 bits per heavy atom. The second-order valence-electron chi connectivity index (χ2n) is 13.9. The van der Waals surface area contributed by atoms with E-state index in [1.165, 1.54) is 44.5 Å². The minimum atomic E-state index is -1.53. The minimum Gasteiger partial charge on any atom is -0.448 e. The van der Waals surface area contributed by atoms with E-state index in [1.54, 1.807) is 39.4 Å². The van der Waals surface area contributed by atoms with E-state index in [-0.39, 0.29) is 39.6 Å². The van der Waals surface area contributed by atoms with E-state index in [4.69, 9.17) is 9.47 Å². The molecule has 1 atom stereocenters. The van der Waals surface area contributed by atoms with Gasteiger partial charge in [0.1, 0.15) is 11.6 Å². The summed E-state index contributed by atoms with van der Waals surface area (Å²) >= 11 is 1.45. The van der Waals surface area contributed by atoms with Crippen LogP contribution in [0.5, 0.6) is 23.0 Å². The van der Waals surface area contributed by atoms with Crippen LogP contribution in [0.25, 0.3) is 22.1 Å². The van der Waals surface area contributed by atoms with Gasteiger partial charge in [-0.1, -0.05) is 72.4 Å². The van der Waals surface area contributed by atoms with Crippen molar-refractivity contribution in [2.45, 2.75) is 21.8 Å². The number of hydrogen-bond acceptors (Lipinski definition) is 12. The molecule has 4 heterocycles. The SMILES string of the molecule is CN(C)n1c(=O)c(Oc2ccc(F)cc2F)cc2cnc(S(=O)Cc3ccccc3)nc21.CN(C)n1c(=O)c(Oc2ccc(F)cc2F)cc2cnc(SCc3ccccc3)nc21. The van der Waals surface area contributed by atoms with Crippen molar-refractivity contribution in [3.63, 3.8) is 0 Å². The van der Waals surface area contributed by atoms with Gasteiger partial charge in [0, 0.05) is 69.2 Å². The zero-order valence-corrected chi connectivity index (χ0v) is 35.5. The van der Waals surface area contributed by atoms with Gasteiger partial charge in [-0.2, -0.15) is 9.35 Å². The lowest BCUT2D eigenvalue weighted by molar-refractivity contribution is 0.428. The summed E-state index contributed by atoms with van der Waals surface area (Å²) in [7, 11) is 5.07. The maximum Gasteiger partial charge on any atom is 0.313 e. The largest absolute Gasteiger partial charge is 0.448 e. The fraction of sp³-hybridized carbons (Fsp3) is 0.136. The summed E-state index contributed by atoms with van der Waals surface area (Å²) in [5.74, 6) is -3.30.